The molecule has 32 heavy (non-hydrogen) atoms. The van der Waals surface area contributed by atoms with Crippen molar-refractivity contribution >= 4 is 35.0 Å². The fourth-order valence-corrected chi connectivity index (χ4v) is 3.68. The van der Waals surface area contributed by atoms with Crippen LogP contribution >= 0.6 is 0 Å². The minimum absolute atomic E-state index is 0.0190. The van der Waals surface area contributed by atoms with Crippen LogP contribution in [0.15, 0.2) is 90.0 Å². The second kappa shape index (κ2) is 9.39. The smallest absolute Gasteiger partial charge is 0.255 e. The zero-order valence-electron chi connectivity index (χ0n) is 17.8. The lowest BCUT2D eigenvalue weighted by molar-refractivity contribution is -0.117. The Bertz CT molecular complexity index is 1230. The van der Waals surface area contributed by atoms with Gasteiger partial charge in [0.1, 0.15) is 0 Å². The van der Waals surface area contributed by atoms with E-state index < -0.39 is 0 Å². The zero-order chi connectivity index (χ0) is 22.5. The van der Waals surface area contributed by atoms with Gasteiger partial charge in [-0.1, -0.05) is 24.3 Å². The molecule has 4 rings (SSSR count). The summed E-state index contributed by atoms with van der Waals surface area (Å²) in [6.45, 7) is 5.22. The highest BCUT2D eigenvalue weighted by Crippen LogP contribution is 2.48. The Morgan fingerprint density at radius 2 is 1.94 bits per heavy atom. The van der Waals surface area contributed by atoms with E-state index in [0.717, 1.165) is 28.4 Å². The quantitative estimate of drug-likeness (QED) is 0.421. The molecule has 1 aliphatic rings. The molecule has 2 aromatic carbocycles. The first-order valence-electron chi connectivity index (χ1n) is 10.4. The van der Waals surface area contributed by atoms with Gasteiger partial charge in [-0.15, -0.1) is 0 Å². The molecule has 1 aromatic heterocycles. The van der Waals surface area contributed by atoms with Gasteiger partial charge in [-0.3, -0.25) is 19.6 Å². The zero-order valence-corrected chi connectivity index (χ0v) is 17.8. The molecule has 6 nitrogen and oxygen atoms in total. The summed E-state index contributed by atoms with van der Waals surface area (Å²) in [5.74, 6) is -0.0704. The average molecular weight is 425 g/mol. The Labute approximate surface area is 186 Å². The summed E-state index contributed by atoms with van der Waals surface area (Å²) < 4.78 is 0. The van der Waals surface area contributed by atoms with Crippen LogP contribution in [0.3, 0.4) is 0 Å². The highest BCUT2D eigenvalue weighted by Gasteiger charge is 2.43. The van der Waals surface area contributed by atoms with Gasteiger partial charge < -0.3 is 10.6 Å². The summed E-state index contributed by atoms with van der Waals surface area (Å²) in [5.41, 5.74) is 3.05. The summed E-state index contributed by atoms with van der Waals surface area (Å²) in [6, 6.07) is 15.2. The van der Waals surface area contributed by atoms with Gasteiger partial charge in [0.2, 0.25) is 5.91 Å². The van der Waals surface area contributed by atoms with E-state index in [0.29, 0.717) is 11.3 Å². The van der Waals surface area contributed by atoms with Crippen LogP contribution in [0.5, 0.6) is 0 Å². The fraction of sp³-hybridized carbons (Fsp3) is 0.154. The van der Waals surface area contributed by atoms with Gasteiger partial charge in [-0.25, -0.2) is 0 Å². The maximum absolute atomic E-state index is 12.7. The topological polar surface area (TPSA) is 83.5 Å². The van der Waals surface area contributed by atoms with E-state index in [1.54, 1.807) is 36.7 Å². The third kappa shape index (κ3) is 4.81. The number of carbonyl (C=O) groups is 2. The number of nitrogens with one attached hydrogen (secondary N) is 2. The fourth-order valence-electron chi connectivity index (χ4n) is 3.68. The van der Waals surface area contributed by atoms with Crippen LogP contribution in [0.1, 0.15) is 35.2 Å². The van der Waals surface area contributed by atoms with Gasteiger partial charge >= 0.3 is 0 Å². The summed E-state index contributed by atoms with van der Waals surface area (Å²) in [5, 5.41) is 7.92. The molecule has 0 saturated heterocycles. The van der Waals surface area contributed by atoms with E-state index in [4.69, 9.17) is 0 Å². The molecule has 2 N–H and O–H groups in total. The predicted molar refractivity (Wildman–Crippen MR) is 128 cm³/mol. The number of aliphatic imine (C=N–C) groups is 1. The molecule has 0 spiro atoms. The van der Waals surface area contributed by atoms with Crippen molar-refractivity contribution in [2.45, 2.75) is 19.3 Å². The highest BCUT2D eigenvalue weighted by atomic mass is 16.2. The summed E-state index contributed by atoms with van der Waals surface area (Å²) in [4.78, 5) is 32.9. The molecule has 1 heterocycles. The van der Waals surface area contributed by atoms with Crippen molar-refractivity contribution in [2.24, 2.45) is 10.9 Å². The van der Waals surface area contributed by atoms with E-state index in [2.05, 4.69) is 27.3 Å². The van der Waals surface area contributed by atoms with Crippen molar-refractivity contribution in [3.8, 4) is 0 Å². The van der Waals surface area contributed by atoms with Crippen molar-refractivity contribution < 1.29 is 9.59 Å². The number of hydrogen-bond donors (Lipinski definition) is 2. The summed E-state index contributed by atoms with van der Waals surface area (Å²) >= 11 is 0. The normalized spacial score (nSPS) is 17.8. The molecule has 3 aromatic rings. The molecule has 2 unspecified atom stereocenters. The van der Waals surface area contributed by atoms with Crippen molar-refractivity contribution in [3.63, 3.8) is 0 Å². The molecular weight excluding hydrogens is 400 g/mol. The molecule has 1 saturated carbocycles. The average Bonchev–Trinajstić information content (AvgIpc) is 3.63. The number of fused-ring (bicyclic) bond motifs is 1. The standard InChI is InChI=1S/C26H24N4O2/c1-3-21(11-12-27-2)29-25(31)18-6-4-17(5-7-18)23-15-24(23)26(32)30-22-9-8-20-16-28-13-10-19(20)14-22/h3-14,16,23-24H,2,15H2,1H3,(H,29,31)(H,30,32)/b12-11-,21-3+. The van der Waals surface area contributed by atoms with Crippen molar-refractivity contribution in [2.75, 3.05) is 5.32 Å². The Balaban J connectivity index is 1.36. The molecule has 1 aliphatic carbocycles. The summed E-state index contributed by atoms with van der Waals surface area (Å²) in [6.07, 6.45) is 9.33. The Morgan fingerprint density at radius 1 is 1.12 bits per heavy atom. The maximum atomic E-state index is 12.7. The van der Waals surface area contributed by atoms with E-state index in [1.165, 1.54) is 6.20 Å². The lowest BCUT2D eigenvalue weighted by atomic mass is 10.1. The van der Waals surface area contributed by atoms with Crippen LogP contribution in [0.4, 0.5) is 5.69 Å². The second-order valence-electron chi connectivity index (χ2n) is 7.69. The molecule has 0 radical (unpaired) electrons. The SMILES string of the molecule is C=N/C=C\C(=C/C)NC(=O)c1ccc(C2CC2C(=O)Nc2ccc3cnccc3c2)cc1. The van der Waals surface area contributed by atoms with Crippen molar-refractivity contribution in [3.05, 3.63) is 96.1 Å². The molecule has 0 bridgehead atoms. The van der Waals surface area contributed by atoms with Crippen LogP contribution in [-0.4, -0.2) is 23.5 Å². The van der Waals surface area contributed by atoms with Gasteiger partial charge in [-0.05, 0) is 73.3 Å². The van der Waals surface area contributed by atoms with Crippen LogP contribution < -0.4 is 10.6 Å². The third-order valence-electron chi connectivity index (χ3n) is 5.56. The van der Waals surface area contributed by atoms with Crippen LogP contribution in [0, 0.1) is 5.92 Å². The lowest BCUT2D eigenvalue weighted by Gasteiger charge is -2.08. The minimum atomic E-state index is -0.199. The van der Waals surface area contributed by atoms with E-state index in [9.17, 15) is 9.59 Å². The Hall–Kier alpha value is -4.06. The van der Waals surface area contributed by atoms with E-state index in [-0.39, 0.29) is 23.7 Å². The van der Waals surface area contributed by atoms with Gasteiger partial charge in [0, 0.05) is 46.8 Å². The number of allylic oxidation sites excluding steroid dienone is 2. The van der Waals surface area contributed by atoms with Crippen molar-refractivity contribution in [1.29, 1.82) is 0 Å². The number of nitrogens with zero attached hydrogens (tertiary/aromatic N) is 2. The number of amides is 2. The number of pyridine rings is 1. The van der Waals surface area contributed by atoms with E-state index >= 15 is 0 Å². The maximum Gasteiger partial charge on any atom is 0.255 e. The first kappa shape index (κ1) is 21.2. The predicted octanol–water partition coefficient (Wildman–Crippen LogP) is 4.82. The van der Waals surface area contributed by atoms with Crippen LogP contribution in [0.25, 0.3) is 10.8 Å². The number of rotatable bonds is 7. The van der Waals surface area contributed by atoms with Gasteiger partial charge in [-0.2, -0.15) is 0 Å². The first-order chi connectivity index (χ1) is 15.6. The molecule has 0 aliphatic heterocycles. The second-order valence-corrected chi connectivity index (χ2v) is 7.69. The highest BCUT2D eigenvalue weighted by molar-refractivity contribution is 5.98. The number of hydrogen-bond acceptors (Lipinski definition) is 4. The molecule has 160 valence electrons. The Morgan fingerprint density at radius 3 is 2.69 bits per heavy atom. The van der Waals surface area contributed by atoms with E-state index in [1.807, 2.05) is 43.3 Å². The molecular formula is C26H24N4O2. The lowest BCUT2D eigenvalue weighted by Crippen LogP contribution is -2.21. The molecule has 1 fully saturated rings. The third-order valence-corrected chi connectivity index (χ3v) is 5.56. The summed E-state index contributed by atoms with van der Waals surface area (Å²) in [7, 11) is 0. The van der Waals surface area contributed by atoms with Gasteiger partial charge in [0.05, 0.1) is 0 Å². The monoisotopic (exact) mass is 424 g/mol. The van der Waals surface area contributed by atoms with Crippen molar-refractivity contribution in [1.82, 2.24) is 10.3 Å². The number of benzene rings is 2. The Kier molecular flexibility index (Phi) is 6.22. The van der Waals surface area contributed by atoms with Gasteiger partial charge in [0.15, 0.2) is 0 Å². The molecule has 2 atom stereocenters. The largest absolute Gasteiger partial charge is 0.326 e. The van der Waals surface area contributed by atoms with Gasteiger partial charge in [0.25, 0.3) is 5.91 Å². The minimum Gasteiger partial charge on any atom is -0.326 e. The molecule has 6 heteroatoms. The number of anilines is 1. The number of carbonyl (C=O) groups excluding carboxylic acids is 2. The van der Waals surface area contributed by atoms with Crippen LogP contribution in [-0.2, 0) is 4.79 Å². The molecule has 2 amide bonds. The first-order valence-corrected chi connectivity index (χ1v) is 10.4. The number of aromatic nitrogens is 1. The van der Waals surface area contributed by atoms with Crippen LogP contribution in [0.2, 0.25) is 0 Å².